The highest BCUT2D eigenvalue weighted by molar-refractivity contribution is 5.92. The number of aromatic nitrogens is 2. The highest BCUT2D eigenvalue weighted by Gasteiger charge is 2.13. The number of nitrogens with one attached hydrogen (secondary N) is 1. The van der Waals surface area contributed by atoms with E-state index in [2.05, 4.69) is 29.5 Å². The van der Waals surface area contributed by atoms with Crippen LogP contribution in [0, 0.1) is 5.92 Å². The van der Waals surface area contributed by atoms with Gasteiger partial charge in [0.05, 0.1) is 0 Å². The number of anilines is 1. The lowest BCUT2D eigenvalue weighted by Gasteiger charge is -2.17. The van der Waals surface area contributed by atoms with E-state index in [0.29, 0.717) is 17.4 Å². The fourth-order valence-electron chi connectivity index (χ4n) is 1.27. The molecule has 0 fully saturated rings. The molecule has 1 aromatic heterocycles. The number of hydrazine groups is 1. The van der Waals surface area contributed by atoms with E-state index in [1.165, 1.54) is 0 Å². The first kappa shape index (κ1) is 13.4. The number of nitrogen functional groups attached to an aromatic ring is 1. The summed E-state index contributed by atoms with van der Waals surface area (Å²) in [6.07, 6.45) is 0.970. The molecule has 1 rings (SSSR count). The molecule has 0 aliphatic rings. The Bertz CT molecular complexity index is 363. The van der Waals surface area contributed by atoms with Crippen molar-refractivity contribution in [3.8, 4) is 0 Å². The highest BCUT2D eigenvalue weighted by atomic mass is 16.2. The van der Waals surface area contributed by atoms with E-state index in [4.69, 9.17) is 5.84 Å². The molecule has 0 radical (unpaired) electrons. The average Bonchev–Trinajstić information content (AvgIpc) is 2.35. The molecule has 1 aromatic rings. The van der Waals surface area contributed by atoms with Crippen LogP contribution in [0.3, 0.4) is 0 Å². The SMILES string of the molecule is CC(C)CCN(C)C(=O)c1ccc(NN)nn1. The van der Waals surface area contributed by atoms with E-state index in [1.807, 2.05) is 0 Å². The van der Waals surface area contributed by atoms with Crippen LogP contribution in [-0.4, -0.2) is 34.6 Å². The Kier molecular flexibility index (Phi) is 4.84. The summed E-state index contributed by atoms with van der Waals surface area (Å²) in [6, 6.07) is 3.23. The number of hydrogen-bond donors (Lipinski definition) is 2. The first-order valence-corrected chi connectivity index (χ1v) is 5.60. The quantitative estimate of drug-likeness (QED) is 0.586. The predicted octanol–water partition coefficient (Wildman–Crippen LogP) is 0.880. The minimum absolute atomic E-state index is 0.123. The molecule has 3 N–H and O–H groups in total. The number of hydrogen-bond acceptors (Lipinski definition) is 5. The molecule has 1 amide bonds. The molecule has 0 saturated heterocycles. The lowest BCUT2D eigenvalue weighted by atomic mass is 10.1. The summed E-state index contributed by atoms with van der Waals surface area (Å²) >= 11 is 0. The molecule has 1 heterocycles. The maximum absolute atomic E-state index is 11.9. The standard InChI is InChI=1S/C11H19N5O/c1-8(2)6-7-16(3)11(17)9-4-5-10(13-12)15-14-9/h4-5,8H,6-7,12H2,1-3H3,(H,13,15). The number of carbonyl (C=O) groups excluding carboxylic acids is 1. The summed E-state index contributed by atoms with van der Waals surface area (Å²) in [5, 5.41) is 7.58. The third-order valence-corrected chi connectivity index (χ3v) is 2.42. The zero-order valence-electron chi connectivity index (χ0n) is 10.5. The van der Waals surface area contributed by atoms with Gasteiger partial charge in [0, 0.05) is 13.6 Å². The van der Waals surface area contributed by atoms with Gasteiger partial charge >= 0.3 is 0 Å². The van der Waals surface area contributed by atoms with Gasteiger partial charge in [-0.05, 0) is 24.5 Å². The third-order valence-electron chi connectivity index (χ3n) is 2.42. The Morgan fingerprint density at radius 1 is 1.47 bits per heavy atom. The van der Waals surface area contributed by atoms with Crippen molar-refractivity contribution >= 4 is 11.7 Å². The van der Waals surface area contributed by atoms with E-state index in [1.54, 1.807) is 24.1 Å². The van der Waals surface area contributed by atoms with Gasteiger partial charge in [-0.1, -0.05) is 13.8 Å². The normalized spacial score (nSPS) is 10.4. The molecule has 0 aromatic carbocycles. The lowest BCUT2D eigenvalue weighted by Crippen LogP contribution is -2.29. The Labute approximate surface area is 101 Å². The molecule has 0 bridgehead atoms. The summed E-state index contributed by atoms with van der Waals surface area (Å²) in [6.45, 7) is 4.97. The molecule has 17 heavy (non-hydrogen) atoms. The molecular formula is C11H19N5O. The maximum Gasteiger partial charge on any atom is 0.274 e. The highest BCUT2D eigenvalue weighted by Crippen LogP contribution is 2.06. The Balaban J connectivity index is 2.61. The molecule has 0 spiro atoms. The Morgan fingerprint density at radius 3 is 2.65 bits per heavy atom. The van der Waals surface area contributed by atoms with Crippen LogP contribution in [0.5, 0.6) is 0 Å². The Hall–Kier alpha value is -1.69. The molecule has 6 nitrogen and oxygen atoms in total. The van der Waals surface area contributed by atoms with Crippen molar-refractivity contribution in [3.63, 3.8) is 0 Å². The molecule has 0 aliphatic heterocycles. The molecule has 0 unspecified atom stereocenters. The van der Waals surface area contributed by atoms with Gasteiger partial charge in [0.15, 0.2) is 11.5 Å². The summed E-state index contributed by atoms with van der Waals surface area (Å²) in [5.41, 5.74) is 2.69. The van der Waals surface area contributed by atoms with Gasteiger partial charge in [0.25, 0.3) is 5.91 Å². The van der Waals surface area contributed by atoms with E-state index in [0.717, 1.165) is 13.0 Å². The number of nitrogens with zero attached hydrogens (tertiary/aromatic N) is 3. The Morgan fingerprint density at radius 2 is 2.18 bits per heavy atom. The summed E-state index contributed by atoms with van der Waals surface area (Å²) in [5.74, 6) is 6.05. The van der Waals surface area contributed by atoms with Crippen molar-refractivity contribution in [2.24, 2.45) is 11.8 Å². The van der Waals surface area contributed by atoms with Crippen molar-refractivity contribution in [1.82, 2.24) is 15.1 Å². The fraction of sp³-hybridized carbons (Fsp3) is 0.545. The van der Waals surface area contributed by atoms with Gasteiger partial charge in [0.2, 0.25) is 0 Å². The third kappa shape index (κ3) is 3.99. The number of carbonyl (C=O) groups is 1. The number of nitrogens with two attached hydrogens (primary N) is 1. The van der Waals surface area contributed by atoms with Crippen LogP contribution >= 0.6 is 0 Å². The molecule has 6 heteroatoms. The largest absolute Gasteiger partial charge is 0.340 e. The second kappa shape index (κ2) is 6.15. The van der Waals surface area contributed by atoms with Gasteiger partial charge in [0.1, 0.15) is 0 Å². The second-order valence-corrected chi connectivity index (χ2v) is 4.36. The van der Waals surface area contributed by atoms with E-state index >= 15 is 0 Å². The van der Waals surface area contributed by atoms with Crippen molar-refractivity contribution in [2.45, 2.75) is 20.3 Å². The number of rotatable bonds is 5. The maximum atomic E-state index is 11.9. The summed E-state index contributed by atoms with van der Waals surface area (Å²) in [4.78, 5) is 13.6. The van der Waals surface area contributed by atoms with Crippen LogP contribution in [0.1, 0.15) is 30.8 Å². The molecule has 94 valence electrons. The minimum atomic E-state index is -0.123. The van der Waals surface area contributed by atoms with Crippen LogP contribution in [-0.2, 0) is 0 Å². The molecule has 0 atom stereocenters. The minimum Gasteiger partial charge on any atom is -0.340 e. The second-order valence-electron chi connectivity index (χ2n) is 4.36. The first-order chi connectivity index (χ1) is 8.04. The van der Waals surface area contributed by atoms with E-state index < -0.39 is 0 Å². The van der Waals surface area contributed by atoms with Crippen molar-refractivity contribution in [1.29, 1.82) is 0 Å². The van der Waals surface area contributed by atoms with Gasteiger partial charge in [-0.15, -0.1) is 10.2 Å². The van der Waals surface area contributed by atoms with Gasteiger partial charge in [-0.25, -0.2) is 5.84 Å². The topological polar surface area (TPSA) is 84.1 Å². The van der Waals surface area contributed by atoms with Crippen LogP contribution in [0.2, 0.25) is 0 Å². The van der Waals surface area contributed by atoms with Gasteiger partial charge in [-0.3, -0.25) is 4.79 Å². The summed E-state index contributed by atoms with van der Waals surface area (Å²) < 4.78 is 0. The first-order valence-electron chi connectivity index (χ1n) is 5.60. The zero-order valence-corrected chi connectivity index (χ0v) is 10.5. The van der Waals surface area contributed by atoms with Crippen LogP contribution < -0.4 is 11.3 Å². The zero-order chi connectivity index (χ0) is 12.8. The summed E-state index contributed by atoms with van der Waals surface area (Å²) in [7, 11) is 1.77. The fourth-order valence-corrected chi connectivity index (χ4v) is 1.27. The van der Waals surface area contributed by atoms with Crippen LogP contribution in [0.4, 0.5) is 5.82 Å². The van der Waals surface area contributed by atoms with Crippen LogP contribution in [0.15, 0.2) is 12.1 Å². The van der Waals surface area contributed by atoms with Crippen molar-refractivity contribution < 1.29 is 4.79 Å². The smallest absolute Gasteiger partial charge is 0.274 e. The monoisotopic (exact) mass is 237 g/mol. The molecule has 0 saturated carbocycles. The van der Waals surface area contributed by atoms with Crippen LogP contribution in [0.25, 0.3) is 0 Å². The number of amides is 1. The van der Waals surface area contributed by atoms with E-state index in [9.17, 15) is 4.79 Å². The average molecular weight is 237 g/mol. The molecule has 0 aliphatic carbocycles. The van der Waals surface area contributed by atoms with Gasteiger partial charge < -0.3 is 10.3 Å². The lowest BCUT2D eigenvalue weighted by molar-refractivity contribution is 0.0782. The predicted molar refractivity (Wildman–Crippen MR) is 66.3 cm³/mol. The van der Waals surface area contributed by atoms with Gasteiger partial charge in [-0.2, -0.15) is 0 Å². The van der Waals surface area contributed by atoms with Crippen molar-refractivity contribution in [2.75, 3.05) is 19.0 Å². The molecular weight excluding hydrogens is 218 g/mol. The van der Waals surface area contributed by atoms with E-state index in [-0.39, 0.29) is 5.91 Å². The van der Waals surface area contributed by atoms with Crippen molar-refractivity contribution in [3.05, 3.63) is 17.8 Å².